The quantitative estimate of drug-likeness (QED) is 0.764. The van der Waals surface area contributed by atoms with Crippen LogP contribution in [0, 0.1) is 0 Å². The molecule has 78 valence electrons. The van der Waals surface area contributed by atoms with Crippen LogP contribution in [0.15, 0.2) is 24.3 Å². The highest BCUT2D eigenvalue weighted by atomic mass is 35.5. The van der Waals surface area contributed by atoms with Gasteiger partial charge in [-0.3, -0.25) is 0 Å². The molecule has 0 heterocycles. The number of hydrogen-bond donors (Lipinski definition) is 1. The average Bonchev–Trinajstić information content (AvgIpc) is 2.18. The zero-order valence-corrected chi connectivity index (χ0v) is 9.13. The van der Waals surface area contributed by atoms with Crippen LogP contribution in [0.5, 0.6) is 0 Å². The van der Waals surface area contributed by atoms with Gasteiger partial charge >= 0.3 is 0 Å². The molecule has 0 amide bonds. The molecule has 1 unspecified atom stereocenters. The monoisotopic (exact) mass is 213 g/mol. The molecule has 0 spiro atoms. The summed E-state index contributed by atoms with van der Waals surface area (Å²) in [4.78, 5) is 0. The Labute approximate surface area is 90.0 Å². The normalized spacial score (nSPS) is 12.8. The molecule has 3 heteroatoms. The van der Waals surface area contributed by atoms with Crippen LogP contribution in [-0.2, 0) is 4.74 Å². The maximum atomic E-state index is 5.92. The Bertz CT molecular complexity index is 278. The number of ether oxygens (including phenoxy) is 1. The summed E-state index contributed by atoms with van der Waals surface area (Å²) in [5, 5.41) is 0.716. The fraction of sp³-hybridized carbons (Fsp3) is 0.455. The van der Waals surface area contributed by atoms with E-state index in [1.165, 1.54) is 0 Å². The van der Waals surface area contributed by atoms with Gasteiger partial charge < -0.3 is 10.5 Å². The largest absolute Gasteiger partial charge is 0.379 e. The number of nitrogens with two attached hydrogens (primary N) is 1. The van der Waals surface area contributed by atoms with Crippen molar-refractivity contribution in [1.82, 2.24) is 0 Å². The van der Waals surface area contributed by atoms with E-state index in [2.05, 4.69) is 6.92 Å². The van der Waals surface area contributed by atoms with Crippen LogP contribution < -0.4 is 5.73 Å². The van der Waals surface area contributed by atoms with Gasteiger partial charge in [-0.25, -0.2) is 0 Å². The Morgan fingerprint density at radius 3 is 2.93 bits per heavy atom. The number of hydrogen-bond acceptors (Lipinski definition) is 2. The van der Waals surface area contributed by atoms with Crippen molar-refractivity contribution < 1.29 is 4.74 Å². The molecule has 2 N–H and O–H groups in total. The third-order valence-electron chi connectivity index (χ3n) is 1.92. The molecule has 0 aliphatic heterocycles. The lowest BCUT2D eigenvalue weighted by atomic mass is 10.1. The van der Waals surface area contributed by atoms with Crippen molar-refractivity contribution >= 4 is 11.6 Å². The van der Waals surface area contributed by atoms with Gasteiger partial charge in [0.2, 0.25) is 0 Å². The Balaban J connectivity index is 2.47. The molecule has 0 aliphatic carbocycles. The number of benzene rings is 1. The van der Waals surface area contributed by atoms with Crippen LogP contribution in [0.25, 0.3) is 0 Å². The van der Waals surface area contributed by atoms with E-state index in [9.17, 15) is 0 Å². The van der Waals surface area contributed by atoms with Crippen molar-refractivity contribution in [3.8, 4) is 0 Å². The summed E-state index contributed by atoms with van der Waals surface area (Å²) >= 11 is 5.85. The van der Waals surface area contributed by atoms with E-state index < -0.39 is 0 Å². The van der Waals surface area contributed by atoms with Crippen LogP contribution in [0.1, 0.15) is 24.9 Å². The van der Waals surface area contributed by atoms with Gasteiger partial charge in [0.25, 0.3) is 0 Å². The van der Waals surface area contributed by atoms with Crippen LogP contribution in [0.3, 0.4) is 0 Å². The molecule has 2 nitrogen and oxygen atoms in total. The summed E-state index contributed by atoms with van der Waals surface area (Å²) in [6.45, 7) is 3.38. The Morgan fingerprint density at radius 1 is 1.50 bits per heavy atom. The number of halogens is 1. The molecule has 0 saturated carbocycles. The van der Waals surface area contributed by atoms with Crippen molar-refractivity contribution in [3.05, 3.63) is 34.9 Å². The van der Waals surface area contributed by atoms with Crippen molar-refractivity contribution in [3.63, 3.8) is 0 Å². The molecule has 1 aromatic carbocycles. The van der Waals surface area contributed by atoms with E-state index in [4.69, 9.17) is 22.1 Å². The molecule has 0 bridgehead atoms. The van der Waals surface area contributed by atoms with Gasteiger partial charge in [0.1, 0.15) is 0 Å². The molecule has 0 aliphatic rings. The molecule has 0 saturated heterocycles. The highest BCUT2D eigenvalue weighted by Crippen LogP contribution is 2.16. The minimum absolute atomic E-state index is 0.0831. The van der Waals surface area contributed by atoms with Crippen molar-refractivity contribution in [2.24, 2.45) is 5.73 Å². The zero-order chi connectivity index (χ0) is 10.4. The van der Waals surface area contributed by atoms with Gasteiger partial charge in [-0.2, -0.15) is 0 Å². The predicted octanol–water partition coefficient (Wildman–Crippen LogP) is 2.77. The average molecular weight is 214 g/mol. The van der Waals surface area contributed by atoms with Gasteiger partial charge in [0.05, 0.1) is 12.6 Å². The molecule has 1 aromatic rings. The topological polar surface area (TPSA) is 35.2 Å². The second-order valence-corrected chi connectivity index (χ2v) is 3.67. The van der Waals surface area contributed by atoms with E-state index >= 15 is 0 Å². The molecule has 1 atom stereocenters. The third kappa shape index (κ3) is 3.66. The van der Waals surface area contributed by atoms with Crippen LogP contribution in [0.2, 0.25) is 5.02 Å². The Morgan fingerprint density at radius 2 is 2.29 bits per heavy atom. The lowest BCUT2D eigenvalue weighted by Crippen LogP contribution is -2.17. The second kappa shape index (κ2) is 6.02. The molecule has 1 rings (SSSR count). The fourth-order valence-electron chi connectivity index (χ4n) is 1.19. The van der Waals surface area contributed by atoms with Crippen molar-refractivity contribution in [2.45, 2.75) is 19.4 Å². The highest BCUT2D eigenvalue weighted by Gasteiger charge is 2.05. The minimum atomic E-state index is -0.0831. The molecular formula is C11H16ClNO. The maximum Gasteiger partial charge on any atom is 0.0659 e. The lowest BCUT2D eigenvalue weighted by molar-refractivity contribution is 0.121. The summed E-state index contributed by atoms with van der Waals surface area (Å²) in [5.41, 5.74) is 6.94. The first-order valence-electron chi connectivity index (χ1n) is 4.83. The third-order valence-corrected chi connectivity index (χ3v) is 2.16. The van der Waals surface area contributed by atoms with Gasteiger partial charge in [-0.15, -0.1) is 0 Å². The second-order valence-electron chi connectivity index (χ2n) is 3.24. The molecule has 0 fully saturated rings. The predicted molar refractivity (Wildman–Crippen MR) is 59.5 cm³/mol. The highest BCUT2D eigenvalue weighted by molar-refractivity contribution is 6.30. The van der Waals surface area contributed by atoms with E-state index in [1.807, 2.05) is 24.3 Å². The molecular weight excluding hydrogens is 198 g/mol. The van der Waals surface area contributed by atoms with E-state index in [-0.39, 0.29) is 6.04 Å². The van der Waals surface area contributed by atoms with Gasteiger partial charge in [0, 0.05) is 11.6 Å². The Hall–Kier alpha value is -0.570. The van der Waals surface area contributed by atoms with Gasteiger partial charge in [0.15, 0.2) is 0 Å². The summed E-state index contributed by atoms with van der Waals surface area (Å²) < 4.78 is 5.37. The van der Waals surface area contributed by atoms with Crippen molar-refractivity contribution in [1.29, 1.82) is 0 Å². The first kappa shape index (κ1) is 11.5. The lowest BCUT2D eigenvalue weighted by Gasteiger charge is -2.12. The zero-order valence-electron chi connectivity index (χ0n) is 8.37. The van der Waals surface area contributed by atoms with E-state index in [0.29, 0.717) is 11.6 Å². The van der Waals surface area contributed by atoms with Crippen molar-refractivity contribution in [2.75, 3.05) is 13.2 Å². The number of rotatable bonds is 5. The fourth-order valence-corrected chi connectivity index (χ4v) is 1.39. The van der Waals surface area contributed by atoms with Crippen LogP contribution in [-0.4, -0.2) is 13.2 Å². The SMILES string of the molecule is CCCOCC(N)c1cccc(Cl)c1. The Kier molecular flexibility index (Phi) is 4.94. The van der Waals surface area contributed by atoms with Crippen LogP contribution >= 0.6 is 11.6 Å². The molecule has 0 aromatic heterocycles. The summed E-state index contributed by atoms with van der Waals surface area (Å²) in [7, 11) is 0. The summed E-state index contributed by atoms with van der Waals surface area (Å²) in [6.07, 6.45) is 1.02. The van der Waals surface area contributed by atoms with Gasteiger partial charge in [-0.1, -0.05) is 30.7 Å². The molecule has 0 radical (unpaired) electrons. The standard InChI is InChI=1S/C11H16ClNO/c1-2-6-14-8-11(13)9-4-3-5-10(12)7-9/h3-5,7,11H,2,6,8,13H2,1H3. The maximum absolute atomic E-state index is 5.92. The summed E-state index contributed by atoms with van der Waals surface area (Å²) in [6, 6.07) is 7.50. The van der Waals surface area contributed by atoms with E-state index in [1.54, 1.807) is 0 Å². The van der Waals surface area contributed by atoms with Gasteiger partial charge in [-0.05, 0) is 24.1 Å². The van der Waals surface area contributed by atoms with E-state index in [0.717, 1.165) is 18.6 Å². The first-order valence-corrected chi connectivity index (χ1v) is 5.20. The first-order chi connectivity index (χ1) is 6.74. The minimum Gasteiger partial charge on any atom is -0.379 e. The molecule has 14 heavy (non-hydrogen) atoms. The smallest absolute Gasteiger partial charge is 0.0659 e. The summed E-state index contributed by atoms with van der Waals surface area (Å²) in [5.74, 6) is 0. The van der Waals surface area contributed by atoms with Crippen LogP contribution in [0.4, 0.5) is 0 Å².